The maximum Gasteiger partial charge on any atom is 0.328 e. The Balaban J connectivity index is 1.15. The van der Waals surface area contributed by atoms with Gasteiger partial charge in [0.1, 0.15) is 17.7 Å². The summed E-state index contributed by atoms with van der Waals surface area (Å²) in [5, 5.41) is 15.3. The highest BCUT2D eigenvalue weighted by Crippen LogP contribution is 2.39. The number of aliphatic hydroxyl groups excluding tert-OH is 1. The topological polar surface area (TPSA) is 136 Å². The maximum atomic E-state index is 13.1. The van der Waals surface area contributed by atoms with Crippen LogP contribution in [0.3, 0.4) is 0 Å². The third-order valence-corrected chi connectivity index (χ3v) is 10.1. The van der Waals surface area contributed by atoms with Crippen molar-refractivity contribution < 1.29 is 38.4 Å². The van der Waals surface area contributed by atoms with Crippen LogP contribution < -0.4 is 10.6 Å². The Morgan fingerprint density at radius 3 is 2.27 bits per heavy atom. The molecule has 3 N–H and O–H groups in total. The molecule has 0 spiro atoms. The van der Waals surface area contributed by atoms with Crippen molar-refractivity contribution in [3.63, 3.8) is 0 Å². The van der Waals surface area contributed by atoms with Crippen molar-refractivity contribution in [1.82, 2.24) is 15.5 Å². The molecule has 2 amide bonds. The number of ether oxygens (including phenoxy) is 4. The van der Waals surface area contributed by atoms with Crippen LogP contribution in [-0.2, 0) is 48.1 Å². The molecule has 6 rings (SSSR count). The molecule has 11 heteroatoms. The lowest BCUT2D eigenvalue weighted by Gasteiger charge is -2.38. The predicted molar refractivity (Wildman–Crippen MR) is 212 cm³/mol. The van der Waals surface area contributed by atoms with Crippen LogP contribution >= 0.6 is 0 Å². The molecule has 56 heavy (non-hydrogen) atoms. The molecule has 2 saturated heterocycles. The van der Waals surface area contributed by atoms with Gasteiger partial charge in [-0.2, -0.15) is 0 Å². The third kappa shape index (κ3) is 10.8. The highest BCUT2D eigenvalue weighted by molar-refractivity contribution is 5.84. The standard InChI is InChI=1S/C45H53N3O8/c1-45(2,3)56-42(51)39-15-10-24-48(39)28-36-26-40(33-18-16-31(29-49)17-19-33)55-43(54-36)34-22-20-32(21-23-34)37-14-9-8-13-35(37)27-46-44(52)47-38(41(50)53-4)25-30-11-6-5-7-12-30/h5-9,11-14,16-23,36,38-40,43,49H,10,15,24-29H2,1-4H3,(H2,46,47,52)/t36-,38+,39+,40+,43+/m1/s1. The molecule has 0 aliphatic carbocycles. The van der Waals surface area contributed by atoms with Crippen LogP contribution in [0.2, 0.25) is 0 Å². The van der Waals surface area contributed by atoms with Crippen molar-refractivity contribution in [3.05, 3.63) is 131 Å². The summed E-state index contributed by atoms with van der Waals surface area (Å²) in [6.45, 7) is 7.21. The molecule has 2 fully saturated rings. The minimum Gasteiger partial charge on any atom is -0.467 e. The predicted octanol–water partition coefficient (Wildman–Crippen LogP) is 6.78. The van der Waals surface area contributed by atoms with Crippen LogP contribution in [0.15, 0.2) is 103 Å². The van der Waals surface area contributed by atoms with Gasteiger partial charge in [0.15, 0.2) is 6.29 Å². The fraction of sp³-hybridized carbons (Fsp3) is 0.400. The van der Waals surface area contributed by atoms with Crippen molar-refractivity contribution in [2.45, 2.75) is 95.8 Å². The second-order valence-corrected chi connectivity index (χ2v) is 15.4. The Morgan fingerprint density at radius 2 is 1.57 bits per heavy atom. The molecule has 0 bridgehead atoms. The van der Waals surface area contributed by atoms with Crippen molar-refractivity contribution in [2.75, 3.05) is 20.2 Å². The summed E-state index contributed by atoms with van der Waals surface area (Å²) in [4.78, 5) is 40.8. The minimum absolute atomic E-state index is 0.0372. The number of methoxy groups -OCH3 is 1. The first-order valence-corrected chi connectivity index (χ1v) is 19.3. The van der Waals surface area contributed by atoms with Crippen molar-refractivity contribution in [1.29, 1.82) is 0 Å². The van der Waals surface area contributed by atoms with E-state index in [-0.39, 0.29) is 37.4 Å². The first-order valence-electron chi connectivity index (χ1n) is 19.3. The molecule has 5 atom stereocenters. The summed E-state index contributed by atoms with van der Waals surface area (Å²) in [6, 6.07) is 31.5. The van der Waals surface area contributed by atoms with Crippen LogP contribution in [-0.4, -0.2) is 72.0 Å². The van der Waals surface area contributed by atoms with E-state index in [1.807, 2.05) is 124 Å². The van der Waals surface area contributed by atoms with Crippen LogP contribution in [0.4, 0.5) is 4.79 Å². The number of likely N-dealkylation sites (tertiary alicyclic amines) is 1. The molecule has 296 valence electrons. The lowest BCUT2D eigenvalue weighted by atomic mass is 9.97. The first kappa shape index (κ1) is 40.6. The number of amides is 2. The van der Waals surface area contributed by atoms with Crippen LogP contribution in [0.1, 0.15) is 80.2 Å². The van der Waals surface area contributed by atoms with Gasteiger partial charge in [-0.25, -0.2) is 9.59 Å². The van der Waals surface area contributed by atoms with E-state index in [9.17, 15) is 19.5 Å². The molecule has 11 nitrogen and oxygen atoms in total. The van der Waals surface area contributed by atoms with E-state index in [4.69, 9.17) is 18.9 Å². The molecule has 0 saturated carbocycles. The number of nitrogens with one attached hydrogen (secondary N) is 2. The number of rotatable bonds is 13. The molecule has 0 unspecified atom stereocenters. The Labute approximate surface area is 329 Å². The van der Waals surface area contributed by atoms with Gasteiger partial charge >= 0.3 is 18.0 Å². The molecule has 0 radical (unpaired) electrons. The summed E-state index contributed by atoms with van der Waals surface area (Å²) in [7, 11) is 1.31. The summed E-state index contributed by atoms with van der Waals surface area (Å²) in [6.07, 6.45) is 1.42. The molecule has 0 aromatic heterocycles. The zero-order valence-electron chi connectivity index (χ0n) is 32.6. The smallest absolute Gasteiger partial charge is 0.328 e. The SMILES string of the molecule is COC(=O)[C@H](Cc1ccccc1)NC(=O)NCc1ccccc1-c1ccc([C@H]2O[C@@H](CN3CCC[C@H]3C(=O)OC(C)(C)C)C[C@@H](c3ccc(CO)cc3)O2)cc1. The molecule has 2 aliphatic heterocycles. The first-order chi connectivity index (χ1) is 27.0. The second-order valence-electron chi connectivity index (χ2n) is 15.4. The summed E-state index contributed by atoms with van der Waals surface area (Å²) >= 11 is 0. The van der Waals surface area contributed by atoms with E-state index in [2.05, 4.69) is 15.5 Å². The Kier molecular flexibility index (Phi) is 13.6. The number of nitrogens with zero attached hydrogens (tertiary/aromatic N) is 1. The largest absolute Gasteiger partial charge is 0.467 e. The number of benzene rings is 4. The number of aliphatic hydroxyl groups is 1. The summed E-state index contributed by atoms with van der Waals surface area (Å²) in [5.41, 5.74) is 5.80. The number of hydrogen-bond acceptors (Lipinski definition) is 9. The van der Waals surface area contributed by atoms with E-state index in [1.165, 1.54) is 7.11 Å². The van der Waals surface area contributed by atoms with E-state index in [1.54, 1.807) is 0 Å². The van der Waals surface area contributed by atoms with Gasteiger partial charge in [0, 0.05) is 31.5 Å². The van der Waals surface area contributed by atoms with Crippen molar-refractivity contribution in [3.8, 4) is 11.1 Å². The maximum absolute atomic E-state index is 13.1. The number of carbonyl (C=O) groups is 3. The average molecular weight is 764 g/mol. The van der Waals surface area contributed by atoms with E-state index < -0.39 is 29.9 Å². The van der Waals surface area contributed by atoms with Crippen LogP contribution in [0, 0.1) is 0 Å². The lowest BCUT2D eigenvalue weighted by molar-refractivity contribution is -0.253. The Hall–Kier alpha value is -5.07. The van der Waals surface area contributed by atoms with Gasteiger partial charge in [-0.1, -0.05) is 103 Å². The molecule has 4 aromatic rings. The van der Waals surface area contributed by atoms with Crippen LogP contribution in [0.5, 0.6) is 0 Å². The summed E-state index contributed by atoms with van der Waals surface area (Å²) in [5.74, 6) is -0.719. The quantitative estimate of drug-likeness (QED) is 0.126. The van der Waals surface area contributed by atoms with Crippen molar-refractivity contribution in [2.24, 2.45) is 0 Å². The van der Waals surface area contributed by atoms with Crippen LogP contribution in [0.25, 0.3) is 11.1 Å². The van der Waals surface area contributed by atoms with Gasteiger partial charge in [-0.15, -0.1) is 0 Å². The van der Waals surface area contributed by atoms with Gasteiger partial charge in [0.05, 0.1) is 25.9 Å². The zero-order chi connectivity index (χ0) is 39.7. The molecule has 4 aromatic carbocycles. The van der Waals surface area contributed by atoms with Gasteiger partial charge in [-0.05, 0) is 73.5 Å². The number of hydrogen-bond donors (Lipinski definition) is 3. The van der Waals surface area contributed by atoms with E-state index in [0.717, 1.165) is 58.3 Å². The van der Waals surface area contributed by atoms with E-state index in [0.29, 0.717) is 19.4 Å². The highest BCUT2D eigenvalue weighted by Gasteiger charge is 2.39. The fourth-order valence-corrected chi connectivity index (χ4v) is 7.32. The van der Waals surface area contributed by atoms with Gasteiger partial charge in [0.25, 0.3) is 0 Å². The summed E-state index contributed by atoms with van der Waals surface area (Å²) < 4.78 is 24.0. The second kappa shape index (κ2) is 18.7. The lowest BCUT2D eigenvalue weighted by Crippen LogP contribution is -2.47. The number of carbonyl (C=O) groups excluding carboxylic acids is 3. The number of urea groups is 1. The molecule has 2 aliphatic rings. The zero-order valence-corrected chi connectivity index (χ0v) is 32.6. The van der Waals surface area contributed by atoms with E-state index >= 15 is 0 Å². The van der Waals surface area contributed by atoms with Gasteiger partial charge in [0.2, 0.25) is 0 Å². The molecule has 2 heterocycles. The normalized spacial score (nSPS) is 20.5. The third-order valence-electron chi connectivity index (χ3n) is 10.1. The highest BCUT2D eigenvalue weighted by atomic mass is 16.7. The Bertz CT molecular complexity index is 1910. The fourth-order valence-electron chi connectivity index (χ4n) is 7.32. The average Bonchev–Trinajstić information content (AvgIpc) is 3.67. The van der Waals surface area contributed by atoms with Gasteiger partial charge in [-0.3, -0.25) is 9.69 Å². The minimum atomic E-state index is -0.838. The Morgan fingerprint density at radius 1 is 0.875 bits per heavy atom. The molecular weight excluding hydrogens is 711 g/mol. The van der Waals surface area contributed by atoms with Crippen molar-refractivity contribution >= 4 is 18.0 Å². The monoisotopic (exact) mass is 763 g/mol. The molecular formula is C45H53N3O8. The van der Waals surface area contributed by atoms with Gasteiger partial charge < -0.3 is 34.7 Å². The number of esters is 2.